The Morgan fingerprint density at radius 3 is 3.00 bits per heavy atom. The molecule has 96 valence electrons. The Kier molecular flexibility index (Phi) is 3.44. The first kappa shape index (κ1) is 12.5. The SMILES string of the molecule is Clc1ccc(NCc2cnn3ccccc23)cc1Br. The largest absolute Gasteiger partial charge is 0.381 e. The van der Waals surface area contributed by atoms with Gasteiger partial charge in [0.15, 0.2) is 0 Å². The Morgan fingerprint density at radius 2 is 2.16 bits per heavy atom. The minimum atomic E-state index is 0.710. The zero-order valence-corrected chi connectivity index (χ0v) is 12.3. The average Bonchev–Trinajstić information content (AvgIpc) is 2.83. The molecule has 19 heavy (non-hydrogen) atoms. The molecule has 0 radical (unpaired) electrons. The van der Waals surface area contributed by atoms with E-state index in [4.69, 9.17) is 11.6 Å². The summed E-state index contributed by atoms with van der Waals surface area (Å²) in [6.45, 7) is 0.724. The van der Waals surface area contributed by atoms with Gasteiger partial charge in [0, 0.05) is 28.5 Å². The Bertz CT molecular complexity index is 724. The van der Waals surface area contributed by atoms with E-state index in [0.29, 0.717) is 5.02 Å². The number of hydrogen-bond acceptors (Lipinski definition) is 2. The molecular weight excluding hydrogens is 326 g/mol. The fraction of sp³-hybridized carbons (Fsp3) is 0.0714. The van der Waals surface area contributed by atoms with Crippen LogP contribution in [0.4, 0.5) is 5.69 Å². The molecule has 0 unspecified atom stereocenters. The van der Waals surface area contributed by atoms with Crippen molar-refractivity contribution in [1.82, 2.24) is 9.61 Å². The van der Waals surface area contributed by atoms with Crippen molar-refractivity contribution in [3.8, 4) is 0 Å². The topological polar surface area (TPSA) is 29.3 Å². The minimum Gasteiger partial charge on any atom is -0.381 e. The van der Waals surface area contributed by atoms with Gasteiger partial charge in [0.2, 0.25) is 0 Å². The van der Waals surface area contributed by atoms with Gasteiger partial charge in [0.05, 0.1) is 16.7 Å². The normalized spacial score (nSPS) is 10.8. The molecule has 0 saturated heterocycles. The van der Waals surface area contributed by atoms with Crippen molar-refractivity contribution in [3.63, 3.8) is 0 Å². The summed E-state index contributed by atoms with van der Waals surface area (Å²) >= 11 is 9.39. The molecule has 5 heteroatoms. The predicted molar refractivity (Wildman–Crippen MR) is 81.7 cm³/mol. The van der Waals surface area contributed by atoms with E-state index in [-0.39, 0.29) is 0 Å². The van der Waals surface area contributed by atoms with E-state index in [2.05, 4.69) is 32.4 Å². The summed E-state index contributed by atoms with van der Waals surface area (Å²) in [5, 5.41) is 8.38. The number of aromatic nitrogens is 2. The Hall–Kier alpha value is -1.52. The van der Waals surface area contributed by atoms with E-state index in [0.717, 1.165) is 27.8 Å². The lowest BCUT2D eigenvalue weighted by atomic mass is 10.2. The van der Waals surface area contributed by atoms with Gasteiger partial charge in [-0.2, -0.15) is 5.10 Å². The highest BCUT2D eigenvalue weighted by Gasteiger charge is 2.03. The summed E-state index contributed by atoms with van der Waals surface area (Å²) < 4.78 is 2.76. The molecule has 1 N–H and O–H groups in total. The fourth-order valence-electron chi connectivity index (χ4n) is 1.93. The maximum Gasteiger partial charge on any atom is 0.0711 e. The molecule has 3 rings (SSSR count). The van der Waals surface area contributed by atoms with Gasteiger partial charge in [0.1, 0.15) is 0 Å². The van der Waals surface area contributed by atoms with Crippen LogP contribution in [0.15, 0.2) is 53.3 Å². The molecule has 0 amide bonds. The third-order valence-electron chi connectivity index (χ3n) is 2.91. The Labute approximate surface area is 124 Å². The first-order valence-electron chi connectivity index (χ1n) is 5.84. The highest BCUT2D eigenvalue weighted by molar-refractivity contribution is 9.10. The summed E-state index contributed by atoms with van der Waals surface area (Å²) in [5.41, 5.74) is 3.29. The smallest absolute Gasteiger partial charge is 0.0711 e. The van der Waals surface area contributed by atoms with Crippen LogP contribution in [-0.4, -0.2) is 9.61 Å². The quantitative estimate of drug-likeness (QED) is 0.770. The maximum atomic E-state index is 5.97. The molecule has 0 aliphatic carbocycles. The number of halogens is 2. The molecule has 0 bridgehead atoms. The maximum absolute atomic E-state index is 5.97. The zero-order valence-electron chi connectivity index (χ0n) is 9.98. The summed E-state index contributed by atoms with van der Waals surface area (Å²) in [5.74, 6) is 0. The average molecular weight is 337 g/mol. The number of anilines is 1. The molecule has 0 atom stereocenters. The van der Waals surface area contributed by atoms with Crippen molar-refractivity contribution < 1.29 is 0 Å². The number of nitrogens with one attached hydrogen (secondary N) is 1. The molecule has 3 aromatic rings. The first-order chi connectivity index (χ1) is 9.24. The third kappa shape index (κ3) is 2.60. The van der Waals surface area contributed by atoms with Gasteiger partial charge < -0.3 is 5.32 Å². The van der Waals surface area contributed by atoms with Gasteiger partial charge in [-0.25, -0.2) is 4.52 Å². The molecule has 3 nitrogen and oxygen atoms in total. The second kappa shape index (κ2) is 5.23. The van der Waals surface area contributed by atoms with Gasteiger partial charge in [-0.05, 0) is 46.3 Å². The number of hydrogen-bond donors (Lipinski definition) is 1. The second-order valence-electron chi connectivity index (χ2n) is 4.18. The van der Waals surface area contributed by atoms with E-state index in [1.165, 1.54) is 0 Å². The summed E-state index contributed by atoms with van der Waals surface area (Å²) in [7, 11) is 0. The van der Waals surface area contributed by atoms with E-state index in [1.807, 2.05) is 47.2 Å². The van der Waals surface area contributed by atoms with Crippen molar-refractivity contribution in [3.05, 3.63) is 63.9 Å². The highest BCUT2D eigenvalue weighted by Crippen LogP contribution is 2.26. The van der Waals surface area contributed by atoms with Crippen molar-refractivity contribution in [2.24, 2.45) is 0 Å². The zero-order chi connectivity index (χ0) is 13.2. The van der Waals surface area contributed by atoms with Crippen LogP contribution < -0.4 is 5.32 Å². The van der Waals surface area contributed by atoms with Crippen molar-refractivity contribution in [2.75, 3.05) is 5.32 Å². The van der Waals surface area contributed by atoms with Crippen molar-refractivity contribution in [1.29, 1.82) is 0 Å². The van der Waals surface area contributed by atoms with Crippen molar-refractivity contribution in [2.45, 2.75) is 6.54 Å². The standard InChI is InChI=1S/C14H11BrClN3/c15-12-7-11(4-5-13(12)16)17-8-10-9-18-19-6-2-1-3-14(10)19/h1-7,9,17H,8H2. The van der Waals surface area contributed by atoms with E-state index in [9.17, 15) is 0 Å². The molecule has 2 heterocycles. The lowest BCUT2D eigenvalue weighted by molar-refractivity contribution is 0.961. The molecular formula is C14H11BrClN3. The third-order valence-corrected chi connectivity index (χ3v) is 4.12. The molecule has 0 spiro atoms. The number of fused-ring (bicyclic) bond motifs is 1. The lowest BCUT2D eigenvalue weighted by Crippen LogP contribution is -1.99. The van der Waals surface area contributed by atoms with Crippen LogP contribution in [0.5, 0.6) is 0 Å². The molecule has 0 aliphatic heterocycles. The van der Waals surface area contributed by atoms with Crippen LogP contribution in [0, 0.1) is 0 Å². The van der Waals surface area contributed by atoms with Crippen LogP contribution in [0.25, 0.3) is 5.52 Å². The molecule has 1 aromatic carbocycles. The van der Waals surface area contributed by atoms with E-state index < -0.39 is 0 Å². The van der Waals surface area contributed by atoms with E-state index >= 15 is 0 Å². The molecule has 2 aromatic heterocycles. The van der Waals surface area contributed by atoms with Crippen LogP contribution in [0.2, 0.25) is 5.02 Å². The van der Waals surface area contributed by atoms with Gasteiger partial charge in [-0.15, -0.1) is 0 Å². The predicted octanol–water partition coefficient (Wildman–Crippen LogP) is 4.36. The Morgan fingerprint density at radius 1 is 1.26 bits per heavy atom. The van der Waals surface area contributed by atoms with Crippen LogP contribution in [0.3, 0.4) is 0 Å². The number of pyridine rings is 1. The van der Waals surface area contributed by atoms with Gasteiger partial charge >= 0.3 is 0 Å². The second-order valence-corrected chi connectivity index (χ2v) is 5.44. The van der Waals surface area contributed by atoms with Gasteiger partial charge in [-0.1, -0.05) is 17.7 Å². The highest BCUT2D eigenvalue weighted by atomic mass is 79.9. The number of rotatable bonds is 3. The van der Waals surface area contributed by atoms with Crippen molar-refractivity contribution >= 4 is 38.7 Å². The molecule has 0 fully saturated rings. The summed E-state index contributed by atoms with van der Waals surface area (Å²) in [6.07, 6.45) is 3.82. The van der Waals surface area contributed by atoms with Crippen LogP contribution >= 0.6 is 27.5 Å². The lowest BCUT2D eigenvalue weighted by Gasteiger charge is -2.06. The molecule has 0 saturated carbocycles. The van der Waals surface area contributed by atoms with E-state index in [1.54, 1.807) is 0 Å². The summed E-state index contributed by atoms with van der Waals surface area (Å²) in [4.78, 5) is 0. The van der Waals surface area contributed by atoms with Crippen LogP contribution in [-0.2, 0) is 6.54 Å². The monoisotopic (exact) mass is 335 g/mol. The number of nitrogens with zero attached hydrogens (tertiary/aromatic N) is 2. The summed E-state index contributed by atoms with van der Waals surface area (Å²) in [6, 6.07) is 11.8. The van der Waals surface area contributed by atoms with Gasteiger partial charge in [-0.3, -0.25) is 0 Å². The van der Waals surface area contributed by atoms with Gasteiger partial charge in [0.25, 0.3) is 0 Å². The van der Waals surface area contributed by atoms with Crippen LogP contribution in [0.1, 0.15) is 5.56 Å². The fourth-order valence-corrected chi connectivity index (χ4v) is 2.42. The molecule has 0 aliphatic rings. The number of benzene rings is 1. The Balaban J connectivity index is 1.80. The minimum absolute atomic E-state index is 0.710. The first-order valence-corrected chi connectivity index (χ1v) is 7.01.